The number of benzene rings is 2. The third-order valence-corrected chi connectivity index (χ3v) is 5.33. The lowest BCUT2D eigenvalue weighted by Crippen LogP contribution is -2.16. The van der Waals surface area contributed by atoms with Gasteiger partial charge >= 0.3 is 12.1 Å². The average molecular weight is 498 g/mol. The van der Waals surface area contributed by atoms with E-state index in [1.54, 1.807) is 18.2 Å². The molecule has 0 saturated heterocycles. The van der Waals surface area contributed by atoms with Crippen LogP contribution in [-0.2, 0) is 11.0 Å². The molecule has 0 radical (unpaired) electrons. The number of oxime groups is 1. The van der Waals surface area contributed by atoms with Crippen LogP contribution in [0.4, 0.5) is 18.9 Å². The number of carbonyl (C=O) groups is 1. The zero-order valence-electron chi connectivity index (χ0n) is 18.8. The normalized spacial score (nSPS) is 12.1. The summed E-state index contributed by atoms with van der Waals surface area (Å²) < 4.78 is 41.9. The Labute approximate surface area is 201 Å². The number of amidine groups is 1. The lowest BCUT2D eigenvalue weighted by Gasteiger charge is -2.11. The monoisotopic (exact) mass is 498 g/mol. The van der Waals surface area contributed by atoms with E-state index in [1.807, 2.05) is 13.8 Å². The van der Waals surface area contributed by atoms with Gasteiger partial charge in [0, 0.05) is 29.3 Å². The summed E-state index contributed by atoms with van der Waals surface area (Å²) in [6.45, 7) is 3.71. The average Bonchev–Trinajstić information content (AvgIpc) is 3.27. The molecule has 0 aliphatic carbocycles. The van der Waals surface area contributed by atoms with Crippen molar-refractivity contribution in [1.82, 2.24) is 14.6 Å². The summed E-state index contributed by atoms with van der Waals surface area (Å²) >= 11 is 0. The van der Waals surface area contributed by atoms with Gasteiger partial charge in [0.15, 0.2) is 22.9 Å². The molecular weight excluding hydrogens is 481 g/mol. The fourth-order valence-corrected chi connectivity index (χ4v) is 3.27. The molecule has 4 rings (SSSR count). The third kappa shape index (κ3) is 4.85. The van der Waals surface area contributed by atoms with E-state index in [1.165, 1.54) is 24.3 Å². The molecule has 0 fully saturated rings. The number of rotatable bonds is 5. The van der Waals surface area contributed by atoms with Gasteiger partial charge in [0.25, 0.3) is 5.69 Å². The van der Waals surface area contributed by atoms with E-state index in [2.05, 4.69) is 15.2 Å². The number of nitro benzene ring substituents is 1. The highest BCUT2D eigenvalue weighted by atomic mass is 19.4. The minimum Gasteiger partial charge on any atom is -0.380 e. The number of aryl methyl sites for hydroxylation is 2. The number of alkyl halides is 3. The minimum atomic E-state index is -4.79. The van der Waals surface area contributed by atoms with Crippen LogP contribution in [0.15, 0.2) is 59.8 Å². The van der Waals surface area contributed by atoms with Gasteiger partial charge in [-0.15, -0.1) is 0 Å². The van der Waals surface area contributed by atoms with Crippen molar-refractivity contribution in [3.63, 3.8) is 0 Å². The zero-order chi connectivity index (χ0) is 26.2. The highest BCUT2D eigenvalue weighted by Gasteiger charge is 2.36. The van der Waals surface area contributed by atoms with E-state index in [0.717, 1.165) is 23.3 Å². The van der Waals surface area contributed by atoms with Crippen molar-refractivity contribution < 1.29 is 27.7 Å². The number of hydrogen-bond donors (Lipinski definition) is 1. The summed E-state index contributed by atoms with van der Waals surface area (Å²) in [5, 5.41) is 17.9. The Kier molecular flexibility index (Phi) is 6.14. The second-order valence-electron chi connectivity index (χ2n) is 7.78. The van der Waals surface area contributed by atoms with E-state index >= 15 is 0 Å². The Morgan fingerprint density at radius 2 is 1.78 bits per heavy atom. The van der Waals surface area contributed by atoms with Crippen LogP contribution in [0, 0.1) is 24.0 Å². The summed E-state index contributed by atoms with van der Waals surface area (Å²) in [7, 11) is 0. The number of hydrogen-bond acceptors (Lipinski definition) is 7. The maximum atomic E-state index is 13.8. The van der Waals surface area contributed by atoms with Crippen LogP contribution in [0.2, 0.25) is 0 Å². The van der Waals surface area contributed by atoms with Crippen molar-refractivity contribution in [3.05, 3.63) is 92.8 Å². The Balaban J connectivity index is 1.66. The molecule has 2 aromatic carbocycles. The molecule has 10 nitrogen and oxygen atoms in total. The Bertz CT molecular complexity index is 1530. The number of carbonyl (C=O) groups excluding carboxylic acids is 1. The van der Waals surface area contributed by atoms with Crippen LogP contribution < -0.4 is 5.73 Å². The van der Waals surface area contributed by atoms with E-state index < -0.39 is 28.5 Å². The summed E-state index contributed by atoms with van der Waals surface area (Å²) in [4.78, 5) is 31.5. The molecule has 4 aromatic rings. The first-order chi connectivity index (χ1) is 16.9. The highest BCUT2D eigenvalue weighted by molar-refractivity contribution is 5.98. The fraction of sp³-hybridized carbons (Fsp3) is 0.130. The quantitative estimate of drug-likeness (QED) is 0.141. The number of nitrogens with two attached hydrogens (primary N) is 1. The van der Waals surface area contributed by atoms with Crippen molar-refractivity contribution in [3.8, 4) is 11.3 Å². The van der Waals surface area contributed by atoms with Gasteiger partial charge in [0.2, 0.25) is 0 Å². The molecule has 2 aromatic heterocycles. The van der Waals surface area contributed by atoms with Gasteiger partial charge in [-0.25, -0.2) is 14.3 Å². The maximum absolute atomic E-state index is 13.8. The van der Waals surface area contributed by atoms with Crippen molar-refractivity contribution in [2.24, 2.45) is 10.9 Å². The van der Waals surface area contributed by atoms with Gasteiger partial charge in [-0.1, -0.05) is 17.3 Å². The van der Waals surface area contributed by atoms with E-state index in [9.17, 15) is 28.1 Å². The molecule has 0 unspecified atom stereocenters. The summed E-state index contributed by atoms with van der Waals surface area (Å²) in [6, 6.07) is 12.0. The van der Waals surface area contributed by atoms with Crippen LogP contribution in [0.25, 0.3) is 16.9 Å². The van der Waals surface area contributed by atoms with Crippen LogP contribution >= 0.6 is 0 Å². The lowest BCUT2D eigenvalue weighted by molar-refractivity contribution is -0.384. The number of nitro groups is 1. The predicted molar refractivity (Wildman–Crippen MR) is 122 cm³/mol. The summed E-state index contributed by atoms with van der Waals surface area (Å²) in [5.41, 5.74) is 6.31. The van der Waals surface area contributed by atoms with E-state index in [0.29, 0.717) is 10.1 Å². The Morgan fingerprint density at radius 1 is 1.08 bits per heavy atom. The number of non-ortho nitro benzene ring substituents is 1. The van der Waals surface area contributed by atoms with Crippen molar-refractivity contribution in [2.75, 3.05) is 0 Å². The first-order valence-electron chi connectivity index (χ1n) is 10.3. The lowest BCUT2D eigenvalue weighted by atomic mass is 10.0. The van der Waals surface area contributed by atoms with Crippen LogP contribution in [0.5, 0.6) is 0 Å². The zero-order valence-corrected chi connectivity index (χ0v) is 18.8. The smallest absolute Gasteiger partial charge is 0.380 e. The maximum Gasteiger partial charge on any atom is 0.433 e. The molecule has 0 aliphatic rings. The molecule has 0 atom stereocenters. The first kappa shape index (κ1) is 24.3. The molecule has 2 N–H and O–H groups in total. The Morgan fingerprint density at radius 3 is 2.39 bits per heavy atom. The van der Waals surface area contributed by atoms with E-state index in [-0.39, 0.29) is 28.4 Å². The second-order valence-corrected chi connectivity index (χ2v) is 7.78. The SMILES string of the molecule is Cc1ccc(-c2cc(C(F)(F)F)n3nc(C(=O)O/N=C(\N)c4ccc([N+](=O)[O-])cc4)cc3n2)cc1C. The number of fused-ring (bicyclic) bond motifs is 1. The second kappa shape index (κ2) is 9.09. The van der Waals surface area contributed by atoms with Gasteiger partial charge in [-0.3, -0.25) is 10.1 Å². The van der Waals surface area contributed by atoms with Crippen LogP contribution in [-0.4, -0.2) is 31.3 Å². The van der Waals surface area contributed by atoms with Gasteiger partial charge in [0.05, 0.1) is 10.6 Å². The summed E-state index contributed by atoms with van der Waals surface area (Å²) in [6.07, 6.45) is -4.79. The predicted octanol–water partition coefficient (Wildman–Crippen LogP) is 4.42. The third-order valence-electron chi connectivity index (χ3n) is 5.33. The van der Waals surface area contributed by atoms with Gasteiger partial charge in [0.1, 0.15) is 0 Å². The molecule has 2 heterocycles. The molecule has 13 heteroatoms. The fourth-order valence-electron chi connectivity index (χ4n) is 3.27. The van der Waals surface area contributed by atoms with Crippen molar-refractivity contribution in [1.29, 1.82) is 0 Å². The van der Waals surface area contributed by atoms with Gasteiger partial charge in [-0.2, -0.15) is 18.3 Å². The minimum absolute atomic E-state index is 0.0539. The molecule has 36 heavy (non-hydrogen) atoms. The molecule has 184 valence electrons. The number of aromatic nitrogens is 3. The van der Waals surface area contributed by atoms with Crippen LogP contribution in [0.1, 0.15) is 32.9 Å². The number of halogens is 3. The highest BCUT2D eigenvalue weighted by Crippen LogP contribution is 2.32. The first-order valence-corrected chi connectivity index (χ1v) is 10.3. The topological polar surface area (TPSA) is 138 Å². The van der Waals surface area contributed by atoms with Gasteiger partial charge in [-0.05, 0) is 49.2 Å². The molecule has 0 amide bonds. The molecular formula is C23H17F3N6O4. The molecule has 0 aliphatic heterocycles. The molecule has 0 saturated carbocycles. The standard InChI is InChI=1S/C23H17F3N6O4/c1-12-3-4-15(9-13(12)2)17-10-19(23(24,25)26)31-20(28-17)11-18(29-31)22(33)36-30-21(27)14-5-7-16(8-6-14)32(34)35/h3-11H,1-2H3,(H2,27,30). The Hall–Kier alpha value is -4.81. The summed E-state index contributed by atoms with van der Waals surface area (Å²) in [5.74, 6) is -1.46. The number of nitrogens with zero attached hydrogens (tertiary/aromatic N) is 5. The van der Waals surface area contributed by atoms with Crippen molar-refractivity contribution >= 4 is 23.1 Å². The van der Waals surface area contributed by atoms with Crippen molar-refractivity contribution in [2.45, 2.75) is 20.0 Å². The molecule has 0 bridgehead atoms. The van der Waals surface area contributed by atoms with E-state index in [4.69, 9.17) is 10.6 Å². The van der Waals surface area contributed by atoms with Crippen LogP contribution in [0.3, 0.4) is 0 Å². The largest absolute Gasteiger partial charge is 0.433 e. The van der Waals surface area contributed by atoms with Gasteiger partial charge < -0.3 is 10.6 Å². The molecule has 0 spiro atoms.